The normalized spacial score (nSPS) is 10.5. The molecule has 5 heteroatoms. The van der Waals surface area contributed by atoms with Crippen LogP contribution in [0.1, 0.15) is 37.8 Å². The predicted octanol–water partition coefficient (Wildman–Crippen LogP) is 3.86. The number of benzene rings is 1. The van der Waals surface area contributed by atoms with E-state index in [1.165, 1.54) is 11.1 Å². The minimum atomic E-state index is 0.694. The van der Waals surface area contributed by atoms with E-state index in [9.17, 15) is 0 Å². The third-order valence-electron chi connectivity index (χ3n) is 3.68. The third-order valence-corrected chi connectivity index (χ3v) is 3.68. The highest BCUT2D eigenvalue weighted by atomic mass is 15.3. The van der Waals surface area contributed by atoms with Crippen LogP contribution in [-0.4, -0.2) is 28.3 Å². The Hall–Kier alpha value is -2.17. The molecule has 0 bridgehead atoms. The summed E-state index contributed by atoms with van der Waals surface area (Å²) in [6.45, 7) is 10.4. The molecule has 118 valence electrons. The lowest BCUT2D eigenvalue weighted by molar-refractivity contribution is 0.711. The van der Waals surface area contributed by atoms with Crippen molar-refractivity contribution < 1.29 is 0 Å². The summed E-state index contributed by atoms with van der Waals surface area (Å²) >= 11 is 0. The van der Waals surface area contributed by atoms with Gasteiger partial charge in [0.2, 0.25) is 5.95 Å². The fraction of sp³-hybridized carbons (Fsp3) is 0.471. The van der Waals surface area contributed by atoms with Crippen molar-refractivity contribution in [3.8, 4) is 0 Å². The third kappa shape index (κ3) is 3.93. The van der Waals surface area contributed by atoms with Crippen LogP contribution in [0.3, 0.4) is 0 Å². The van der Waals surface area contributed by atoms with Crippen LogP contribution in [0, 0.1) is 13.8 Å². The van der Waals surface area contributed by atoms with Gasteiger partial charge in [0.05, 0.1) is 6.20 Å². The summed E-state index contributed by atoms with van der Waals surface area (Å²) < 4.78 is 0. The highest BCUT2D eigenvalue weighted by molar-refractivity contribution is 5.61. The molecule has 0 radical (unpaired) electrons. The Kier molecular flexibility index (Phi) is 5.69. The lowest BCUT2D eigenvalue weighted by Gasteiger charge is -2.21. The smallest absolute Gasteiger partial charge is 0.247 e. The molecule has 0 aliphatic heterocycles. The van der Waals surface area contributed by atoms with Gasteiger partial charge in [0.25, 0.3) is 0 Å². The molecule has 1 aromatic heterocycles. The van der Waals surface area contributed by atoms with Crippen molar-refractivity contribution in [1.29, 1.82) is 0 Å². The molecule has 0 amide bonds. The van der Waals surface area contributed by atoms with Gasteiger partial charge in [-0.2, -0.15) is 10.1 Å². The van der Waals surface area contributed by atoms with Crippen molar-refractivity contribution in [2.24, 2.45) is 0 Å². The lowest BCUT2D eigenvalue weighted by Crippen LogP contribution is -2.27. The Balaban J connectivity index is 2.22. The molecule has 2 aromatic rings. The first kappa shape index (κ1) is 16.2. The molecule has 1 heterocycles. The van der Waals surface area contributed by atoms with Crippen LogP contribution in [0.4, 0.5) is 17.5 Å². The molecule has 22 heavy (non-hydrogen) atoms. The maximum absolute atomic E-state index is 4.62. The van der Waals surface area contributed by atoms with Crippen molar-refractivity contribution in [3.63, 3.8) is 0 Å². The van der Waals surface area contributed by atoms with Crippen molar-refractivity contribution >= 4 is 17.5 Å². The van der Waals surface area contributed by atoms with E-state index in [1.807, 2.05) is 6.07 Å². The molecule has 2 rings (SSSR count). The first-order valence-electron chi connectivity index (χ1n) is 7.93. The summed E-state index contributed by atoms with van der Waals surface area (Å²) in [6.07, 6.45) is 3.80. The van der Waals surface area contributed by atoms with E-state index < -0.39 is 0 Å². The van der Waals surface area contributed by atoms with E-state index in [4.69, 9.17) is 0 Å². The molecule has 1 aromatic carbocycles. The van der Waals surface area contributed by atoms with E-state index in [0.29, 0.717) is 5.95 Å². The number of rotatable bonds is 7. The van der Waals surface area contributed by atoms with Gasteiger partial charge in [-0.3, -0.25) is 0 Å². The number of hydrogen-bond acceptors (Lipinski definition) is 5. The van der Waals surface area contributed by atoms with Gasteiger partial charge in [-0.1, -0.05) is 26.0 Å². The highest BCUT2D eigenvalue weighted by Gasteiger charge is 2.10. The number of anilines is 3. The van der Waals surface area contributed by atoms with Gasteiger partial charge in [-0.15, -0.1) is 5.10 Å². The van der Waals surface area contributed by atoms with Crippen molar-refractivity contribution in [2.75, 3.05) is 23.3 Å². The Labute approximate surface area is 132 Å². The zero-order chi connectivity index (χ0) is 15.9. The maximum atomic E-state index is 4.62. The van der Waals surface area contributed by atoms with Crippen LogP contribution in [0.5, 0.6) is 0 Å². The van der Waals surface area contributed by atoms with Crippen LogP contribution < -0.4 is 10.2 Å². The summed E-state index contributed by atoms with van der Waals surface area (Å²) in [4.78, 5) is 6.80. The van der Waals surface area contributed by atoms with Gasteiger partial charge < -0.3 is 10.2 Å². The van der Waals surface area contributed by atoms with Crippen LogP contribution in [-0.2, 0) is 0 Å². The monoisotopic (exact) mass is 299 g/mol. The number of aromatic nitrogens is 3. The fourth-order valence-electron chi connectivity index (χ4n) is 2.36. The minimum Gasteiger partial charge on any atom is -0.339 e. The van der Waals surface area contributed by atoms with E-state index in [2.05, 4.69) is 65.2 Å². The number of nitrogens with one attached hydrogen (secondary N) is 1. The zero-order valence-corrected chi connectivity index (χ0v) is 13.9. The second-order valence-electron chi connectivity index (χ2n) is 5.50. The van der Waals surface area contributed by atoms with E-state index in [-0.39, 0.29) is 0 Å². The Morgan fingerprint density at radius 2 is 1.82 bits per heavy atom. The second kappa shape index (κ2) is 7.73. The topological polar surface area (TPSA) is 53.9 Å². The number of aryl methyl sites for hydroxylation is 1. The minimum absolute atomic E-state index is 0.694. The summed E-state index contributed by atoms with van der Waals surface area (Å²) in [5.41, 5.74) is 3.54. The Bertz CT molecular complexity index is 606. The predicted molar refractivity (Wildman–Crippen MR) is 91.8 cm³/mol. The van der Waals surface area contributed by atoms with Gasteiger partial charge in [-0.25, -0.2) is 0 Å². The zero-order valence-electron chi connectivity index (χ0n) is 13.9. The molecule has 1 N–H and O–H groups in total. The summed E-state index contributed by atoms with van der Waals surface area (Å²) in [7, 11) is 0. The van der Waals surface area contributed by atoms with Crippen molar-refractivity contribution in [2.45, 2.75) is 40.5 Å². The molecule has 0 saturated carbocycles. The molecular formula is C17H25N5. The first-order valence-corrected chi connectivity index (χ1v) is 7.93. The molecule has 0 unspecified atom stereocenters. The molecule has 0 atom stereocenters. The Morgan fingerprint density at radius 1 is 1.09 bits per heavy atom. The summed E-state index contributed by atoms with van der Waals surface area (Å²) in [6, 6.07) is 6.20. The van der Waals surface area contributed by atoms with Gasteiger partial charge >= 0.3 is 0 Å². The molecule has 0 saturated heterocycles. The summed E-state index contributed by atoms with van der Waals surface area (Å²) in [5.74, 6) is 1.43. The number of nitrogens with zero attached hydrogens (tertiary/aromatic N) is 4. The largest absolute Gasteiger partial charge is 0.339 e. The van der Waals surface area contributed by atoms with Gasteiger partial charge in [0.15, 0.2) is 5.82 Å². The highest BCUT2D eigenvalue weighted by Crippen LogP contribution is 2.22. The summed E-state index contributed by atoms with van der Waals surface area (Å²) in [5, 5.41) is 11.6. The molecule has 5 nitrogen and oxygen atoms in total. The van der Waals surface area contributed by atoms with Crippen molar-refractivity contribution in [3.05, 3.63) is 35.5 Å². The van der Waals surface area contributed by atoms with E-state index in [0.717, 1.165) is 37.4 Å². The SMILES string of the molecule is CCCN(CCC)c1nncc(Nc2cccc(C)c2C)n1. The molecule has 0 aliphatic carbocycles. The number of hydrogen-bond donors (Lipinski definition) is 1. The van der Waals surface area contributed by atoms with Gasteiger partial charge in [-0.05, 0) is 43.9 Å². The molecule has 0 fully saturated rings. The molecule has 0 spiro atoms. The lowest BCUT2D eigenvalue weighted by atomic mass is 10.1. The van der Waals surface area contributed by atoms with Crippen LogP contribution >= 0.6 is 0 Å². The maximum Gasteiger partial charge on any atom is 0.247 e. The molecule has 0 aliphatic rings. The average Bonchev–Trinajstić information content (AvgIpc) is 2.52. The second-order valence-corrected chi connectivity index (χ2v) is 5.50. The van der Waals surface area contributed by atoms with E-state index in [1.54, 1.807) is 6.20 Å². The molecular weight excluding hydrogens is 274 g/mol. The van der Waals surface area contributed by atoms with Crippen LogP contribution in [0.25, 0.3) is 0 Å². The van der Waals surface area contributed by atoms with Gasteiger partial charge in [0, 0.05) is 18.8 Å². The average molecular weight is 299 g/mol. The quantitative estimate of drug-likeness (QED) is 0.841. The van der Waals surface area contributed by atoms with E-state index >= 15 is 0 Å². The fourth-order valence-corrected chi connectivity index (χ4v) is 2.36. The standard InChI is InChI=1S/C17H25N5/c1-5-10-22(11-6-2)17-20-16(12-18-21-17)19-15-9-7-8-13(3)14(15)4/h7-9,12H,5-6,10-11H2,1-4H3,(H,19,20,21). The van der Waals surface area contributed by atoms with Gasteiger partial charge in [0.1, 0.15) is 0 Å². The first-order chi connectivity index (χ1) is 10.7. The van der Waals surface area contributed by atoms with Crippen LogP contribution in [0.15, 0.2) is 24.4 Å². The van der Waals surface area contributed by atoms with Crippen molar-refractivity contribution in [1.82, 2.24) is 15.2 Å². The Morgan fingerprint density at radius 3 is 2.50 bits per heavy atom. The van der Waals surface area contributed by atoms with Crippen LogP contribution in [0.2, 0.25) is 0 Å².